The van der Waals surface area contributed by atoms with Crippen molar-refractivity contribution in [2.75, 3.05) is 19.2 Å². The fourth-order valence-corrected chi connectivity index (χ4v) is 2.84. The summed E-state index contributed by atoms with van der Waals surface area (Å²) in [6.07, 6.45) is 0. The van der Waals surface area contributed by atoms with Crippen LogP contribution in [0.2, 0.25) is 0 Å². The van der Waals surface area contributed by atoms with Gasteiger partial charge in [-0.25, -0.2) is 0 Å². The number of aryl methyl sites for hydroxylation is 1. The third-order valence-electron chi connectivity index (χ3n) is 4.11. The molecule has 2 heterocycles. The first-order chi connectivity index (χ1) is 11.7. The summed E-state index contributed by atoms with van der Waals surface area (Å²) in [4.78, 5) is 12.6. The zero-order valence-electron chi connectivity index (χ0n) is 13.3. The molecule has 0 saturated heterocycles. The van der Waals surface area contributed by atoms with Crippen molar-refractivity contribution >= 4 is 22.5 Å². The number of hydrogen-bond donors (Lipinski definition) is 1. The molecule has 0 spiro atoms. The summed E-state index contributed by atoms with van der Waals surface area (Å²) >= 11 is 0. The zero-order valence-corrected chi connectivity index (χ0v) is 13.3. The van der Waals surface area contributed by atoms with Crippen molar-refractivity contribution in [3.63, 3.8) is 0 Å². The van der Waals surface area contributed by atoms with Gasteiger partial charge in [0.05, 0.1) is 7.11 Å². The minimum atomic E-state index is -0.188. The highest BCUT2D eigenvalue weighted by molar-refractivity contribution is 6.06. The van der Waals surface area contributed by atoms with E-state index in [4.69, 9.17) is 14.2 Å². The molecule has 0 aliphatic carbocycles. The molecule has 2 aromatic carbocycles. The second kappa shape index (κ2) is 5.49. The topological polar surface area (TPSA) is 61.7 Å². The van der Waals surface area contributed by atoms with E-state index >= 15 is 0 Å². The number of ether oxygens (including phenoxy) is 3. The van der Waals surface area contributed by atoms with E-state index in [1.54, 1.807) is 25.3 Å². The molecule has 1 aliphatic heterocycles. The van der Waals surface area contributed by atoms with Gasteiger partial charge in [-0.1, -0.05) is 0 Å². The van der Waals surface area contributed by atoms with E-state index in [9.17, 15) is 4.79 Å². The maximum Gasteiger partial charge on any atom is 0.272 e. The van der Waals surface area contributed by atoms with Crippen LogP contribution in [0, 0.1) is 0 Å². The van der Waals surface area contributed by atoms with Gasteiger partial charge in [-0.3, -0.25) is 4.79 Å². The van der Waals surface area contributed by atoms with Crippen LogP contribution in [0.25, 0.3) is 10.9 Å². The Hall–Kier alpha value is -3.15. The number of hydrogen-bond acceptors (Lipinski definition) is 4. The van der Waals surface area contributed by atoms with E-state index < -0.39 is 0 Å². The lowest BCUT2D eigenvalue weighted by atomic mass is 10.2. The number of carbonyl (C=O) groups excluding carboxylic acids is 1. The maximum atomic E-state index is 12.6. The van der Waals surface area contributed by atoms with Crippen LogP contribution in [0.5, 0.6) is 17.2 Å². The number of anilines is 1. The Labute approximate surface area is 138 Å². The number of nitrogens with zero attached hydrogens (tertiary/aromatic N) is 1. The standard InChI is InChI=1S/C18H16N2O4/c1-20-14-5-4-13(22-2)7-11(14)8-15(20)18(21)19-12-3-6-16-17(9-12)24-10-23-16/h3-9H,10H2,1-2H3,(H,19,21). The summed E-state index contributed by atoms with van der Waals surface area (Å²) in [5, 5.41) is 3.84. The van der Waals surface area contributed by atoms with Crippen LogP contribution in [0.1, 0.15) is 10.5 Å². The number of fused-ring (bicyclic) bond motifs is 2. The Morgan fingerprint density at radius 1 is 1.12 bits per heavy atom. The second-order valence-electron chi connectivity index (χ2n) is 5.54. The third-order valence-corrected chi connectivity index (χ3v) is 4.11. The van der Waals surface area contributed by atoms with E-state index in [1.165, 1.54) is 0 Å². The molecule has 0 unspecified atom stereocenters. The molecule has 6 heteroatoms. The van der Waals surface area contributed by atoms with Gasteiger partial charge < -0.3 is 24.1 Å². The number of rotatable bonds is 3. The first kappa shape index (κ1) is 14.4. The van der Waals surface area contributed by atoms with Crippen molar-refractivity contribution in [1.29, 1.82) is 0 Å². The molecule has 4 rings (SSSR count). The zero-order chi connectivity index (χ0) is 16.7. The molecule has 0 fully saturated rings. The van der Waals surface area contributed by atoms with Gasteiger partial charge in [0.2, 0.25) is 6.79 Å². The predicted octanol–water partition coefficient (Wildman–Crippen LogP) is 3.17. The Kier molecular flexibility index (Phi) is 3.30. The smallest absolute Gasteiger partial charge is 0.272 e. The van der Waals surface area contributed by atoms with Gasteiger partial charge in [0, 0.05) is 29.7 Å². The lowest BCUT2D eigenvalue weighted by Crippen LogP contribution is -2.15. The van der Waals surface area contributed by atoms with Gasteiger partial charge in [-0.05, 0) is 36.4 Å². The first-order valence-electron chi connectivity index (χ1n) is 7.50. The molecule has 1 aromatic heterocycles. The highest BCUT2D eigenvalue weighted by Gasteiger charge is 2.17. The number of nitrogens with one attached hydrogen (secondary N) is 1. The lowest BCUT2D eigenvalue weighted by molar-refractivity contribution is 0.102. The number of aromatic nitrogens is 1. The van der Waals surface area contributed by atoms with Crippen LogP contribution in [0.4, 0.5) is 5.69 Å². The largest absolute Gasteiger partial charge is 0.497 e. The van der Waals surface area contributed by atoms with E-state index in [-0.39, 0.29) is 12.7 Å². The number of amides is 1. The molecule has 1 N–H and O–H groups in total. The van der Waals surface area contributed by atoms with E-state index in [2.05, 4.69) is 5.32 Å². The summed E-state index contributed by atoms with van der Waals surface area (Å²) < 4.78 is 17.7. The molecule has 6 nitrogen and oxygen atoms in total. The Bertz CT molecular complexity index is 946. The molecule has 0 bridgehead atoms. The van der Waals surface area contributed by atoms with Gasteiger partial charge >= 0.3 is 0 Å². The number of carbonyl (C=O) groups is 1. The fourth-order valence-electron chi connectivity index (χ4n) is 2.84. The van der Waals surface area contributed by atoms with Crippen LogP contribution in [0.3, 0.4) is 0 Å². The first-order valence-corrected chi connectivity index (χ1v) is 7.50. The van der Waals surface area contributed by atoms with Gasteiger partial charge in [-0.2, -0.15) is 0 Å². The highest BCUT2D eigenvalue weighted by atomic mass is 16.7. The minimum absolute atomic E-state index is 0.188. The third kappa shape index (κ3) is 2.32. The normalized spacial score (nSPS) is 12.4. The summed E-state index contributed by atoms with van der Waals surface area (Å²) in [5.41, 5.74) is 2.19. The van der Waals surface area contributed by atoms with Gasteiger partial charge in [0.25, 0.3) is 5.91 Å². The van der Waals surface area contributed by atoms with E-state index in [0.29, 0.717) is 22.9 Å². The van der Waals surface area contributed by atoms with Crippen molar-refractivity contribution in [2.45, 2.75) is 0 Å². The molecule has 1 amide bonds. The van der Waals surface area contributed by atoms with Crippen LogP contribution in [-0.4, -0.2) is 24.4 Å². The monoisotopic (exact) mass is 324 g/mol. The van der Waals surface area contributed by atoms with Gasteiger partial charge in [-0.15, -0.1) is 0 Å². The molecular weight excluding hydrogens is 308 g/mol. The van der Waals surface area contributed by atoms with Crippen molar-refractivity contribution in [3.8, 4) is 17.2 Å². The van der Waals surface area contributed by atoms with Gasteiger partial charge in [0.1, 0.15) is 11.4 Å². The molecule has 0 atom stereocenters. The van der Waals surface area contributed by atoms with Crippen LogP contribution in [-0.2, 0) is 7.05 Å². The van der Waals surface area contributed by atoms with Crippen LogP contribution in [0.15, 0.2) is 42.5 Å². The van der Waals surface area contributed by atoms with Gasteiger partial charge in [0.15, 0.2) is 11.5 Å². The van der Waals surface area contributed by atoms with Crippen LogP contribution < -0.4 is 19.5 Å². The molecule has 122 valence electrons. The Morgan fingerprint density at radius 3 is 2.79 bits per heavy atom. The summed E-state index contributed by atoms with van der Waals surface area (Å²) in [7, 11) is 3.49. The molecular formula is C18H16N2O4. The SMILES string of the molecule is COc1ccc2c(c1)cc(C(=O)Nc1ccc3c(c1)OCO3)n2C. The summed E-state index contributed by atoms with van der Waals surface area (Å²) in [5.74, 6) is 1.89. The molecule has 1 aliphatic rings. The van der Waals surface area contributed by atoms with E-state index in [1.807, 2.05) is 35.9 Å². The molecule has 0 radical (unpaired) electrons. The van der Waals surface area contributed by atoms with Crippen molar-refractivity contribution in [3.05, 3.63) is 48.2 Å². The molecule has 24 heavy (non-hydrogen) atoms. The molecule has 3 aromatic rings. The Morgan fingerprint density at radius 2 is 1.96 bits per heavy atom. The number of benzene rings is 2. The summed E-state index contributed by atoms with van der Waals surface area (Å²) in [6, 6.07) is 12.9. The van der Waals surface area contributed by atoms with Crippen molar-refractivity contribution in [2.24, 2.45) is 7.05 Å². The van der Waals surface area contributed by atoms with Crippen molar-refractivity contribution < 1.29 is 19.0 Å². The average Bonchev–Trinajstić information content (AvgIpc) is 3.18. The number of methoxy groups -OCH3 is 1. The second-order valence-corrected chi connectivity index (χ2v) is 5.54. The minimum Gasteiger partial charge on any atom is -0.497 e. The average molecular weight is 324 g/mol. The van der Waals surface area contributed by atoms with Crippen molar-refractivity contribution in [1.82, 2.24) is 4.57 Å². The maximum absolute atomic E-state index is 12.6. The van der Waals surface area contributed by atoms with Crippen LogP contribution >= 0.6 is 0 Å². The predicted molar refractivity (Wildman–Crippen MR) is 90.0 cm³/mol. The summed E-state index contributed by atoms with van der Waals surface area (Å²) in [6.45, 7) is 0.206. The highest BCUT2D eigenvalue weighted by Crippen LogP contribution is 2.34. The Balaban J connectivity index is 1.64. The van der Waals surface area contributed by atoms with E-state index in [0.717, 1.165) is 16.7 Å². The lowest BCUT2D eigenvalue weighted by Gasteiger charge is -2.07. The fraction of sp³-hybridized carbons (Fsp3) is 0.167. The quantitative estimate of drug-likeness (QED) is 0.804. The molecule has 0 saturated carbocycles.